The maximum absolute atomic E-state index is 12.6. The van der Waals surface area contributed by atoms with Crippen molar-refractivity contribution < 1.29 is 4.74 Å². The molecule has 1 aromatic carbocycles. The highest BCUT2D eigenvalue weighted by molar-refractivity contribution is 6.32. The van der Waals surface area contributed by atoms with E-state index in [1.165, 1.54) is 4.57 Å². The second kappa shape index (κ2) is 6.74. The van der Waals surface area contributed by atoms with Crippen molar-refractivity contribution in [3.05, 3.63) is 56.3 Å². The van der Waals surface area contributed by atoms with E-state index in [0.717, 1.165) is 0 Å². The quantitative estimate of drug-likeness (QED) is 0.863. The Kier molecular flexibility index (Phi) is 4.98. The molecule has 0 radical (unpaired) electrons. The van der Waals surface area contributed by atoms with Crippen molar-refractivity contribution in [3.63, 3.8) is 0 Å². The number of rotatable bonds is 5. The van der Waals surface area contributed by atoms with Crippen molar-refractivity contribution in [1.29, 1.82) is 0 Å². The molecule has 1 heterocycles. The Bertz CT molecular complexity index is 722. The van der Waals surface area contributed by atoms with E-state index in [0.29, 0.717) is 24.2 Å². The maximum Gasteiger partial charge on any atom is 0.329 e. The number of ether oxygens (including phenoxy) is 1. The minimum atomic E-state index is -0.506. The fraction of sp³-hybridized carbons (Fsp3) is 0.333. The molecule has 0 aliphatic rings. The van der Waals surface area contributed by atoms with Gasteiger partial charge in [-0.25, -0.2) is 4.79 Å². The molecule has 0 saturated carbocycles. The Balaban J connectivity index is 2.59. The zero-order chi connectivity index (χ0) is 15.4. The van der Waals surface area contributed by atoms with Gasteiger partial charge in [-0.15, -0.1) is 0 Å². The third-order valence-corrected chi connectivity index (χ3v) is 3.61. The molecule has 21 heavy (non-hydrogen) atoms. The lowest BCUT2D eigenvalue weighted by Gasteiger charge is -2.15. The molecule has 0 bridgehead atoms. The smallest absolute Gasteiger partial charge is 0.329 e. The average molecular weight is 309 g/mol. The number of aromatic nitrogens is 2. The third kappa shape index (κ3) is 3.25. The highest BCUT2D eigenvalue weighted by Gasteiger charge is 2.17. The summed E-state index contributed by atoms with van der Waals surface area (Å²) in [6.07, 6.45) is 0.565. The van der Waals surface area contributed by atoms with Crippen LogP contribution in [0.3, 0.4) is 0 Å². The second-order valence-electron chi connectivity index (χ2n) is 4.79. The molecule has 112 valence electrons. The standard InChI is InChI=1S/C15H17ClN2O3/c1-10(8-9-21-2)18-14(19)12(13(16)17-15(18)20)11-6-4-3-5-7-11/h3-7,10H,8-9H2,1-2H3,(H,17,20). The molecule has 0 saturated heterocycles. The zero-order valence-electron chi connectivity index (χ0n) is 11.9. The van der Waals surface area contributed by atoms with Gasteiger partial charge in [0.2, 0.25) is 0 Å². The van der Waals surface area contributed by atoms with E-state index in [9.17, 15) is 9.59 Å². The van der Waals surface area contributed by atoms with Gasteiger partial charge in [-0.2, -0.15) is 0 Å². The number of hydrogen-bond donors (Lipinski definition) is 1. The lowest BCUT2D eigenvalue weighted by atomic mass is 10.1. The maximum atomic E-state index is 12.6. The summed E-state index contributed by atoms with van der Waals surface area (Å²) in [5, 5.41) is 0.0615. The number of nitrogens with one attached hydrogen (secondary N) is 1. The Morgan fingerprint density at radius 1 is 1.29 bits per heavy atom. The van der Waals surface area contributed by atoms with Crippen molar-refractivity contribution in [3.8, 4) is 11.1 Å². The number of methoxy groups -OCH3 is 1. The molecular formula is C15H17ClN2O3. The summed E-state index contributed by atoms with van der Waals surface area (Å²) < 4.78 is 6.19. The fourth-order valence-electron chi connectivity index (χ4n) is 2.20. The molecule has 0 aliphatic heterocycles. The van der Waals surface area contributed by atoms with Gasteiger partial charge < -0.3 is 4.74 Å². The number of nitrogens with zero attached hydrogens (tertiary/aromatic N) is 1. The van der Waals surface area contributed by atoms with Crippen molar-refractivity contribution in [2.75, 3.05) is 13.7 Å². The predicted octanol–water partition coefficient (Wildman–Crippen LogP) is 2.45. The summed E-state index contributed by atoms with van der Waals surface area (Å²) in [4.78, 5) is 27.2. The molecule has 0 aliphatic carbocycles. The first-order chi connectivity index (χ1) is 10.1. The van der Waals surface area contributed by atoms with Gasteiger partial charge in [0.05, 0.1) is 5.56 Å². The molecule has 6 heteroatoms. The molecule has 1 N–H and O–H groups in total. The van der Waals surface area contributed by atoms with E-state index < -0.39 is 11.2 Å². The lowest BCUT2D eigenvalue weighted by molar-refractivity contribution is 0.179. The van der Waals surface area contributed by atoms with Crippen molar-refractivity contribution >= 4 is 11.6 Å². The van der Waals surface area contributed by atoms with Crippen LogP contribution in [0.25, 0.3) is 11.1 Å². The van der Waals surface area contributed by atoms with Crippen LogP contribution in [0.1, 0.15) is 19.4 Å². The van der Waals surface area contributed by atoms with Crippen LogP contribution >= 0.6 is 11.6 Å². The van der Waals surface area contributed by atoms with E-state index in [4.69, 9.17) is 16.3 Å². The van der Waals surface area contributed by atoms with Gasteiger partial charge in [0.1, 0.15) is 5.15 Å². The molecular weight excluding hydrogens is 292 g/mol. The molecule has 2 aromatic rings. The second-order valence-corrected chi connectivity index (χ2v) is 5.17. The van der Waals surface area contributed by atoms with E-state index in [1.807, 2.05) is 18.2 Å². The van der Waals surface area contributed by atoms with E-state index in [-0.39, 0.29) is 11.2 Å². The van der Waals surface area contributed by atoms with Gasteiger partial charge in [0, 0.05) is 19.8 Å². The number of benzene rings is 1. The number of aromatic amines is 1. The van der Waals surface area contributed by atoms with E-state index >= 15 is 0 Å². The number of hydrogen-bond acceptors (Lipinski definition) is 3. The Hall–Kier alpha value is -1.85. The van der Waals surface area contributed by atoms with Crippen LogP contribution < -0.4 is 11.2 Å². The summed E-state index contributed by atoms with van der Waals surface area (Å²) in [5.74, 6) is 0. The number of H-pyrrole nitrogens is 1. The summed E-state index contributed by atoms with van der Waals surface area (Å²) in [6.45, 7) is 2.27. The van der Waals surface area contributed by atoms with Crippen LogP contribution in [-0.4, -0.2) is 23.3 Å². The minimum absolute atomic E-state index is 0.0615. The van der Waals surface area contributed by atoms with Crippen LogP contribution in [0.2, 0.25) is 5.15 Å². The lowest BCUT2D eigenvalue weighted by Crippen LogP contribution is -2.38. The first-order valence-corrected chi connectivity index (χ1v) is 7.02. The van der Waals surface area contributed by atoms with Crippen LogP contribution in [-0.2, 0) is 4.74 Å². The normalized spacial score (nSPS) is 12.3. The molecule has 1 atom stereocenters. The summed E-state index contributed by atoms with van der Waals surface area (Å²) in [6, 6.07) is 8.77. The molecule has 0 spiro atoms. The van der Waals surface area contributed by atoms with Crippen molar-refractivity contribution in [2.45, 2.75) is 19.4 Å². The van der Waals surface area contributed by atoms with Crippen molar-refractivity contribution in [2.24, 2.45) is 0 Å². The van der Waals surface area contributed by atoms with E-state index in [1.54, 1.807) is 26.2 Å². The minimum Gasteiger partial charge on any atom is -0.385 e. The van der Waals surface area contributed by atoms with Gasteiger partial charge in [0.15, 0.2) is 0 Å². The highest BCUT2D eigenvalue weighted by atomic mass is 35.5. The Morgan fingerprint density at radius 2 is 1.95 bits per heavy atom. The zero-order valence-corrected chi connectivity index (χ0v) is 12.7. The van der Waals surface area contributed by atoms with E-state index in [2.05, 4.69) is 4.98 Å². The highest BCUT2D eigenvalue weighted by Crippen LogP contribution is 2.21. The summed E-state index contributed by atoms with van der Waals surface area (Å²) in [7, 11) is 1.58. The van der Waals surface area contributed by atoms with Gasteiger partial charge in [-0.3, -0.25) is 14.3 Å². The molecule has 5 nitrogen and oxygen atoms in total. The largest absolute Gasteiger partial charge is 0.385 e. The van der Waals surface area contributed by atoms with Crippen LogP contribution in [0.4, 0.5) is 0 Å². The molecule has 1 aromatic heterocycles. The van der Waals surface area contributed by atoms with Crippen molar-refractivity contribution in [1.82, 2.24) is 9.55 Å². The predicted molar refractivity (Wildman–Crippen MR) is 83.0 cm³/mol. The molecule has 1 unspecified atom stereocenters. The van der Waals surface area contributed by atoms with Gasteiger partial charge in [-0.05, 0) is 18.9 Å². The number of halogens is 1. The first-order valence-electron chi connectivity index (χ1n) is 6.65. The van der Waals surface area contributed by atoms with Gasteiger partial charge >= 0.3 is 5.69 Å². The SMILES string of the molecule is COCCC(C)n1c(=O)[nH]c(Cl)c(-c2ccccc2)c1=O. The average Bonchev–Trinajstić information content (AvgIpc) is 2.45. The van der Waals surface area contributed by atoms with Gasteiger partial charge in [-0.1, -0.05) is 41.9 Å². The fourth-order valence-corrected chi connectivity index (χ4v) is 2.47. The summed E-state index contributed by atoms with van der Waals surface area (Å²) in [5.41, 5.74) is 0.0874. The third-order valence-electron chi connectivity index (χ3n) is 3.33. The molecule has 0 fully saturated rings. The van der Waals surface area contributed by atoms with Crippen LogP contribution in [0, 0.1) is 0 Å². The first kappa shape index (κ1) is 15.5. The molecule has 2 rings (SSSR count). The topological polar surface area (TPSA) is 64.1 Å². The van der Waals surface area contributed by atoms with Crippen LogP contribution in [0.15, 0.2) is 39.9 Å². The Labute approximate surface area is 127 Å². The monoisotopic (exact) mass is 308 g/mol. The summed E-state index contributed by atoms with van der Waals surface area (Å²) >= 11 is 6.06. The van der Waals surface area contributed by atoms with Gasteiger partial charge in [0.25, 0.3) is 5.56 Å². The van der Waals surface area contributed by atoms with Crippen LogP contribution in [0.5, 0.6) is 0 Å². The Morgan fingerprint density at radius 3 is 2.57 bits per heavy atom. The molecule has 0 amide bonds.